The van der Waals surface area contributed by atoms with E-state index in [1.165, 1.54) is 17.2 Å². The minimum absolute atomic E-state index is 0.0740. The van der Waals surface area contributed by atoms with Crippen molar-refractivity contribution in [1.82, 2.24) is 0 Å². The maximum absolute atomic E-state index is 12.7. The summed E-state index contributed by atoms with van der Waals surface area (Å²) in [6, 6.07) is 14.8. The van der Waals surface area contributed by atoms with Gasteiger partial charge < -0.3 is 14.6 Å². The van der Waals surface area contributed by atoms with Gasteiger partial charge in [0.15, 0.2) is 0 Å². The molecule has 0 heterocycles. The molecule has 5 fully saturated rings. The molecule has 0 amide bonds. The van der Waals surface area contributed by atoms with Crippen LogP contribution in [-0.4, -0.2) is 28.2 Å². The van der Waals surface area contributed by atoms with Gasteiger partial charge in [-0.15, -0.1) is 0 Å². The number of carbonyl (C=O) groups excluding carboxylic acids is 2. The van der Waals surface area contributed by atoms with Crippen LogP contribution in [0.25, 0.3) is 10.8 Å². The largest absolute Gasteiger partial charge is 0.459 e. The minimum atomic E-state index is -0.555. The fourth-order valence-electron chi connectivity index (χ4n) is 8.06. The van der Waals surface area contributed by atoms with Crippen LogP contribution in [0.1, 0.15) is 124 Å². The van der Waals surface area contributed by atoms with E-state index in [0.717, 1.165) is 69.8 Å². The molecule has 5 nitrogen and oxygen atoms in total. The molecule has 2 unspecified atom stereocenters. The lowest BCUT2D eigenvalue weighted by Gasteiger charge is -2.59. The van der Waals surface area contributed by atoms with Crippen LogP contribution in [-0.2, 0) is 24.7 Å². The second-order valence-corrected chi connectivity index (χ2v) is 15.4. The van der Waals surface area contributed by atoms with Crippen LogP contribution in [0.5, 0.6) is 0 Å². The monoisotopic (exact) mass is 576 g/mol. The number of hydrogen-bond acceptors (Lipinski definition) is 5. The minimum Gasteiger partial charge on any atom is -0.459 e. The lowest BCUT2D eigenvalue weighted by Crippen LogP contribution is -2.61. The summed E-state index contributed by atoms with van der Waals surface area (Å²) >= 11 is 0. The highest BCUT2D eigenvalue weighted by atomic mass is 16.6. The highest BCUT2D eigenvalue weighted by molar-refractivity contribution is 5.83. The van der Waals surface area contributed by atoms with Crippen molar-refractivity contribution in [3.63, 3.8) is 0 Å². The molecule has 4 bridgehead atoms. The zero-order valence-electron chi connectivity index (χ0n) is 26.8. The van der Waals surface area contributed by atoms with E-state index < -0.39 is 22.0 Å². The van der Waals surface area contributed by atoms with E-state index in [1.807, 2.05) is 41.5 Å². The maximum atomic E-state index is 12.7. The van der Waals surface area contributed by atoms with E-state index in [9.17, 15) is 14.7 Å². The molecule has 5 saturated carbocycles. The molecule has 2 atom stereocenters. The van der Waals surface area contributed by atoms with Crippen molar-refractivity contribution in [2.24, 2.45) is 22.7 Å². The van der Waals surface area contributed by atoms with Crippen molar-refractivity contribution in [1.29, 1.82) is 0 Å². The van der Waals surface area contributed by atoms with Crippen LogP contribution in [0.4, 0.5) is 0 Å². The van der Waals surface area contributed by atoms with Gasteiger partial charge in [0, 0.05) is 6.42 Å². The molecule has 7 rings (SSSR count). The van der Waals surface area contributed by atoms with Gasteiger partial charge in [0.1, 0.15) is 11.2 Å². The third-order valence-corrected chi connectivity index (χ3v) is 11.1. The lowest BCUT2D eigenvalue weighted by atomic mass is 9.52. The number of esters is 2. The van der Waals surface area contributed by atoms with Gasteiger partial charge >= 0.3 is 11.9 Å². The number of rotatable bonds is 7. The number of ether oxygens (including phenoxy) is 2. The first-order valence-electron chi connectivity index (χ1n) is 16.4. The molecule has 2 aromatic rings. The Labute approximate surface area is 252 Å². The summed E-state index contributed by atoms with van der Waals surface area (Å²) in [5.74, 6) is 0.961. The molecule has 0 spiro atoms. The molecule has 5 aliphatic carbocycles. The standard InChI is InChI=1S/C21H26O2.C16H26O3/c1-4-20(2,3)19(22)23-21(13-7-8-14-21)18-12-11-16-9-5-6-10-17(16)15-18;1-4-14(2,3)13(17)19-16-8-11-5-12(9-16)7-15(18,6-11)10-16/h5-6,9-12,15H,4,7-8,13-14H2,1-3H3;11-12,18H,4-10H2,1-3H3. The van der Waals surface area contributed by atoms with Crippen molar-refractivity contribution in [2.45, 2.75) is 135 Å². The topological polar surface area (TPSA) is 72.8 Å². The third-order valence-electron chi connectivity index (χ3n) is 11.1. The lowest BCUT2D eigenvalue weighted by molar-refractivity contribution is -0.225. The SMILES string of the molecule is CCC(C)(C)C(=O)OC1(c2ccc3ccccc3c2)CCCC1.CCC(C)(C)C(=O)OC12CC3CC(CC(O)(C3)C1)C2. The molecule has 0 saturated heterocycles. The van der Waals surface area contributed by atoms with E-state index in [-0.39, 0.29) is 17.5 Å². The number of benzene rings is 2. The first-order valence-corrected chi connectivity index (χ1v) is 16.4. The molecule has 2 aromatic carbocycles. The summed E-state index contributed by atoms with van der Waals surface area (Å²) < 4.78 is 12.1. The smallest absolute Gasteiger partial charge is 0.312 e. The molecule has 230 valence electrons. The van der Waals surface area contributed by atoms with Gasteiger partial charge in [0.2, 0.25) is 0 Å². The predicted octanol–water partition coefficient (Wildman–Crippen LogP) is 8.64. The van der Waals surface area contributed by atoms with Crippen molar-refractivity contribution in [2.75, 3.05) is 0 Å². The Hall–Kier alpha value is -2.40. The maximum Gasteiger partial charge on any atom is 0.312 e. The van der Waals surface area contributed by atoms with Crippen LogP contribution in [0, 0.1) is 22.7 Å². The fraction of sp³-hybridized carbons (Fsp3) is 0.676. The van der Waals surface area contributed by atoms with Gasteiger partial charge in [-0.05, 0) is 133 Å². The predicted molar refractivity (Wildman–Crippen MR) is 167 cm³/mol. The second kappa shape index (κ2) is 11.3. The molecule has 0 radical (unpaired) electrons. The van der Waals surface area contributed by atoms with Gasteiger partial charge in [-0.1, -0.05) is 50.2 Å². The average Bonchev–Trinajstić information content (AvgIpc) is 3.41. The third kappa shape index (κ3) is 6.14. The highest BCUT2D eigenvalue weighted by Crippen LogP contribution is 2.59. The Morgan fingerprint density at radius 3 is 1.90 bits per heavy atom. The zero-order valence-corrected chi connectivity index (χ0v) is 26.8. The van der Waals surface area contributed by atoms with Crippen molar-refractivity contribution < 1.29 is 24.2 Å². The molecule has 5 heteroatoms. The summed E-state index contributed by atoms with van der Waals surface area (Å²) in [6.07, 6.45) is 11.3. The number of carbonyl (C=O) groups is 2. The molecule has 0 aliphatic heterocycles. The first-order chi connectivity index (χ1) is 19.7. The Morgan fingerprint density at radius 2 is 1.36 bits per heavy atom. The first kappa shape index (κ1) is 31.0. The van der Waals surface area contributed by atoms with Gasteiger partial charge in [0.25, 0.3) is 0 Å². The van der Waals surface area contributed by atoms with Crippen LogP contribution < -0.4 is 0 Å². The van der Waals surface area contributed by atoms with Crippen molar-refractivity contribution in [3.05, 3.63) is 48.0 Å². The summed E-state index contributed by atoms with van der Waals surface area (Å²) in [7, 11) is 0. The molecular formula is C37H52O5. The average molecular weight is 577 g/mol. The summed E-state index contributed by atoms with van der Waals surface area (Å²) in [6.45, 7) is 11.9. The Bertz CT molecular complexity index is 1290. The summed E-state index contributed by atoms with van der Waals surface area (Å²) in [5, 5.41) is 13.1. The van der Waals surface area contributed by atoms with Crippen molar-refractivity contribution in [3.8, 4) is 0 Å². The second-order valence-electron chi connectivity index (χ2n) is 15.4. The van der Waals surface area contributed by atoms with Crippen LogP contribution in [0.15, 0.2) is 42.5 Å². The Kier molecular flexibility index (Phi) is 8.33. The Morgan fingerprint density at radius 1 is 0.810 bits per heavy atom. The van der Waals surface area contributed by atoms with Crippen LogP contribution in [0.3, 0.4) is 0 Å². The van der Waals surface area contributed by atoms with E-state index in [4.69, 9.17) is 9.47 Å². The number of hydrogen-bond donors (Lipinski definition) is 1. The number of fused-ring (bicyclic) bond motifs is 1. The highest BCUT2D eigenvalue weighted by Gasteiger charge is 2.59. The van der Waals surface area contributed by atoms with E-state index in [1.54, 1.807) is 0 Å². The fourth-order valence-corrected chi connectivity index (χ4v) is 8.06. The molecule has 1 N–H and O–H groups in total. The number of aliphatic hydroxyl groups is 1. The van der Waals surface area contributed by atoms with E-state index in [2.05, 4.69) is 42.5 Å². The normalized spacial score (nSPS) is 29.6. The summed E-state index contributed by atoms with van der Waals surface area (Å²) in [4.78, 5) is 25.1. The van der Waals surface area contributed by atoms with E-state index in [0.29, 0.717) is 18.3 Å². The van der Waals surface area contributed by atoms with Gasteiger partial charge in [-0.25, -0.2) is 0 Å². The summed E-state index contributed by atoms with van der Waals surface area (Å²) in [5.41, 5.74) is -1.04. The molecule has 0 aromatic heterocycles. The molecule has 42 heavy (non-hydrogen) atoms. The quantitative estimate of drug-likeness (QED) is 0.334. The Balaban J connectivity index is 0.000000171. The van der Waals surface area contributed by atoms with Crippen LogP contribution >= 0.6 is 0 Å². The molecular weight excluding hydrogens is 524 g/mol. The van der Waals surface area contributed by atoms with E-state index >= 15 is 0 Å². The molecule has 5 aliphatic rings. The van der Waals surface area contributed by atoms with Crippen LogP contribution in [0.2, 0.25) is 0 Å². The van der Waals surface area contributed by atoms with Gasteiger partial charge in [-0.2, -0.15) is 0 Å². The van der Waals surface area contributed by atoms with Gasteiger partial charge in [-0.3, -0.25) is 9.59 Å². The zero-order chi connectivity index (χ0) is 30.4. The van der Waals surface area contributed by atoms with Gasteiger partial charge in [0.05, 0.1) is 16.4 Å². The van der Waals surface area contributed by atoms with Crippen molar-refractivity contribution >= 4 is 22.7 Å².